The number of benzene rings is 2. The molecule has 0 unspecified atom stereocenters. The Bertz CT molecular complexity index is 1120. The zero-order valence-corrected chi connectivity index (χ0v) is 16.3. The van der Waals surface area contributed by atoms with Crippen molar-refractivity contribution < 1.29 is 4.74 Å². The summed E-state index contributed by atoms with van der Waals surface area (Å²) in [6.07, 6.45) is 4.55. The van der Waals surface area contributed by atoms with Gasteiger partial charge >= 0.3 is 0 Å². The van der Waals surface area contributed by atoms with Gasteiger partial charge in [0.25, 0.3) is 0 Å². The molecule has 0 amide bonds. The second-order valence-corrected chi connectivity index (χ2v) is 6.91. The van der Waals surface area contributed by atoms with Crippen molar-refractivity contribution in [1.82, 2.24) is 9.97 Å². The van der Waals surface area contributed by atoms with Gasteiger partial charge in [0, 0.05) is 53.0 Å². The maximum absolute atomic E-state index is 6.06. The van der Waals surface area contributed by atoms with E-state index >= 15 is 0 Å². The van der Waals surface area contributed by atoms with Gasteiger partial charge in [0.2, 0.25) is 0 Å². The molecule has 0 aliphatic rings. The van der Waals surface area contributed by atoms with Gasteiger partial charge in [-0.1, -0.05) is 17.7 Å². The van der Waals surface area contributed by atoms with Crippen LogP contribution in [0.5, 0.6) is 5.75 Å². The fraction of sp³-hybridized carbons (Fsp3) is 0.182. The van der Waals surface area contributed by atoms with E-state index in [4.69, 9.17) is 16.3 Å². The van der Waals surface area contributed by atoms with Crippen LogP contribution in [0.3, 0.4) is 0 Å². The van der Waals surface area contributed by atoms with Crippen LogP contribution in [0, 0.1) is 0 Å². The largest absolute Gasteiger partial charge is 0.497 e. The molecule has 2 aromatic heterocycles. The minimum atomic E-state index is 0.695. The van der Waals surface area contributed by atoms with Gasteiger partial charge in [-0.2, -0.15) is 0 Å². The van der Waals surface area contributed by atoms with Gasteiger partial charge in [-0.05, 0) is 42.8 Å². The minimum absolute atomic E-state index is 0.695. The smallest absolute Gasteiger partial charge is 0.121 e. The molecular formula is C22H21ClN4O. The number of ether oxygens (including phenoxy) is 1. The first-order valence-corrected chi connectivity index (χ1v) is 9.57. The highest BCUT2D eigenvalue weighted by Gasteiger charge is 2.06. The van der Waals surface area contributed by atoms with Crippen molar-refractivity contribution in [1.29, 1.82) is 0 Å². The molecule has 5 nitrogen and oxygen atoms in total. The molecule has 0 fully saturated rings. The summed E-state index contributed by atoms with van der Waals surface area (Å²) < 4.78 is 5.40. The Morgan fingerprint density at radius 3 is 2.64 bits per heavy atom. The number of methoxy groups -OCH3 is 1. The van der Waals surface area contributed by atoms with Gasteiger partial charge in [0.1, 0.15) is 5.75 Å². The van der Waals surface area contributed by atoms with Crippen LogP contribution in [0.25, 0.3) is 21.8 Å². The molecular weight excluding hydrogens is 372 g/mol. The number of anilines is 2. The second-order valence-electron chi connectivity index (χ2n) is 6.48. The van der Waals surface area contributed by atoms with Gasteiger partial charge in [-0.3, -0.25) is 9.97 Å². The Hall–Kier alpha value is -3.05. The van der Waals surface area contributed by atoms with Gasteiger partial charge < -0.3 is 15.4 Å². The molecule has 28 heavy (non-hydrogen) atoms. The highest BCUT2D eigenvalue weighted by atomic mass is 35.5. The van der Waals surface area contributed by atoms with Crippen molar-refractivity contribution in [2.75, 3.05) is 30.8 Å². The normalized spacial score (nSPS) is 10.9. The summed E-state index contributed by atoms with van der Waals surface area (Å²) in [7, 11) is 1.68. The van der Waals surface area contributed by atoms with E-state index in [0.29, 0.717) is 5.02 Å². The molecule has 0 bridgehead atoms. The third-order valence-electron chi connectivity index (χ3n) is 4.60. The summed E-state index contributed by atoms with van der Waals surface area (Å²) in [5.41, 5.74) is 3.90. The lowest BCUT2D eigenvalue weighted by atomic mass is 10.1. The number of nitrogens with one attached hydrogen (secondary N) is 2. The number of hydrogen-bond acceptors (Lipinski definition) is 5. The topological polar surface area (TPSA) is 59.1 Å². The first-order valence-electron chi connectivity index (χ1n) is 9.19. The summed E-state index contributed by atoms with van der Waals surface area (Å²) in [4.78, 5) is 8.87. The van der Waals surface area contributed by atoms with Crippen LogP contribution in [0.15, 0.2) is 60.9 Å². The quantitative estimate of drug-likeness (QED) is 0.414. The molecule has 2 N–H and O–H groups in total. The molecule has 0 radical (unpaired) electrons. The average molecular weight is 393 g/mol. The summed E-state index contributed by atoms with van der Waals surface area (Å²) >= 11 is 6.06. The lowest BCUT2D eigenvalue weighted by molar-refractivity contribution is 0.415. The molecule has 4 rings (SSSR count). The van der Waals surface area contributed by atoms with Crippen molar-refractivity contribution in [3.63, 3.8) is 0 Å². The van der Waals surface area contributed by atoms with Gasteiger partial charge in [0.15, 0.2) is 0 Å². The van der Waals surface area contributed by atoms with Crippen LogP contribution in [-0.4, -0.2) is 30.2 Å². The molecule has 6 heteroatoms. The predicted molar refractivity (Wildman–Crippen MR) is 117 cm³/mol. The van der Waals surface area contributed by atoms with Crippen molar-refractivity contribution in [3.05, 3.63) is 65.9 Å². The third-order valence-corrected chi connectivity index (χ3v) is 4.84. The highest BCUT2D eigenvalue weighted by Crippen LogP contribution is 2.28. The van der Waals surface area contributed by atoms with Crippen LogP contribution in [0.2, 0.25) is 5.02 Å². The number of hydrogen-bond donors (Lipinski definition) is 2. The van der Waals surface area contributed by atoms with E-state index < -0.39 is 0 Å². The second kappa shape index (κ2) is 8.31. The standard InChI is InChI=1S/C22H21ClN4O/c1-28-17-12-15-4-2-8-27-22(15)21(14-17)25-10-3-9-24-19-7-11-26-20-13-16(23)5-6-18(19)20/h2,4-8,11-14,25H,3,9-10H2,1H3,(H,24,26). The van der Waals surface area contributed by atoms with Gasteiger partial charge in [-0.25, -0.2) is 0 Å². The zero-order valence-electron chi connectivity index (χ0n) is 15.6. The van der Waals surface area contributed by atoms with Crippen LogP contribution in [0.4, 0.5) is 11.4 Å². The Labute approximate surface area is 168 Å². The number of pyridine rings is 2. The summed E-state index contributed by atoms with van der Waals surface area (Å²) in [5, 5.41) is 9.80. The number of aromatic nitrogens is 2. The molecule has 2 heterocycles. The van der Waals surface area contributed by atoms with E-state index in [0.717, 1.165) is 58.4 Å². The van der Waals surface area contributed by atoms with Crippen molar-refractivity contribution in [2.24, 2.45) is 0 Å². The monoisotopic (exact) mass is 392 g/mol. The molecule has 142 valence electrons. The minimum Gasteiger partial charge on any atom is -0.497 e. The van der Waals surface area contributed by atoms with E-state index in [1.165, 1.54) is 0 Å². The Morgan fingerprint density at radius 1 is 0.929 bits per heavy atom. The molecule has 4 aromatic rings. The molecule has 0 aliphatic carbocycles. The number of halogens is 1. The lowest BCUT2D eigenvalue weighted by Gasteiger charge is -2.12. The molecule has 0 aliphatic heterocycles. The van der Waals surface area contributed by atoms with E-state index in [-0.39, 0.29) is 0 Å². The SMILES string of the molecule is COc1cc(NCCCNc2ccnc3cc(Cl)ccc23)c2ncccc2c1. The third kappa shape index (κ3) is 3.94. The summed E-state index contributed by atoms with van der Waals surface area (Å²) in [5.74, 6) is 0.822. The van der Waals surface area contributed by atoms with E-state index in [2.05, 4.69) is 20.6 Å². The number of rotatable bonds is 7. The molecule has 0 atom stereocenters. The van der Waals surface area contributed by atoms with Crippen LogP contribution in [0.1, 0.15) is 6.42 Å². The maximum Gasteiger partial charge on any atom is 0.121 e. The number of nitrogens with zero attached hydrogens (tertiary/aromatic N) is 2. The Balaban J connectivity index is 1.39. The van der Waals surface area contributed by atoms with Crippen molar-refractivity contribution >= 4 is 44.8 Å². The molecule has 2 aromatic carbocycles. The molecule has 0 saturated heterocycles. The fourth-order valence-corrected chi connectivity index (χ4v) is 3.39. The lowest BCUT2D eigenvalue weighted by Crippen LogP contribution is -2.10. The highest BCUT2D eigenvalue weighted by molar-refractivity contribution is 6.31. The average Bonchev–Trinajstić information content (AvgIpc) is 2.73. The predicted octanol–water partition coefficient (Wildman–Crippen LogP) is 5.36. The van der Waals surface area contributed by atoms with Crippen LogP contribution in [-0.2, 0) is 0 Å². The first-order chi connectivity index (χ1) is 13.7. The van der Waals surface area contributed by atoms with Crippen LogP contribution < -0.4 is 15.4 Å². The summed E-state index contributed by atoms with van der Waals surface area (Å²) in [6, 6.07) is 15.7. The van der Waals surface area contributed by atoms with E-state index in [9.17, 15) is 0 Å². The summed E-state index contributed by atoms with van der Waals surface area (Å²) in [6.45, 7) is 1.66. The first kappa shape index (κ1) is 18.3. The maximum atomic E-state index is 6.06. The molecule has 0 spiro atoms. The zero-order chi connectivity index (χ0) is 19.3. The van der Waals surface area contributed by atoms with Gasteiger partial charge in [0.05, 0.1) is 23.8 Å². The Kier molecular flexibility index (Phi) is 5.44. The fourth-order valence-electron chi connectivity index (χ4n) is 3.23. The van der Waals surface area contributed by atoms with Crippen molar-refractivity contribution in [2.45, 2.75) is 6.42 Å². The molecule has 0 saturated carbocycles. The number of fused-ring (bicyclic) bond motifs is 2. The van der Waals surface area contributed by atoms with E-state index in [1.54, 1.807) is 13.3 Å². The van der Waals surface area contributed by atoms with Crippen molar-refractivity contribution in [3.8, 4) is 5.75 Å². The van der Waals surface area contributed by atoms with Gasteiger partial charge in [-0.15, -0.1) is 0 Å². The Morgan fingerprint density at radius 2 is 1.79 bits per heavy atom. The van der Waals surface area contributed by atoms with Crippen LogP contribution >= 0.6 is 11.6 Å². The van der Waals surface area contributed by atoms with E-state index in [1.807, 2.05) is 54.7 Å².